The van der Waals surface area contributed by atoms with Crippen LogP contribution < -0.4 is 10.6 Å². The summed E-state index contributed by atoms with van der Waals surface area (Å²) in [6.07, 6.45) is 1.27. The minimum Gasteiger partial charge on any atom is -0.476 e. The maximum absolute atomic E-state index is 11.9. The summed E-state index contributed by atoms with van der Waals surface area (Å²) in [6.45, 7) is -0.555. The molecule has 0 saturated carbocycles. The van der Waals surface area contributed by atoms with E-state index in [-0.39, 0.29) is 24.5 Å². The summed E-state index contributed by atoms with van der Waals surface area (Å²) in [4.78, 5) is 49.7. The monoisotopic (exact) mass is 278 g/mol. The second-order valence-corrected chi connectivity index (χ2v) is 3.96. The first-order valence-corrected chi connectivity index (χ1v) is 5.54. The molecule has 1 aliphatic heterocycles. The Hall–Kier alpha value is -2.97. The molecule has 1 fully saturated rings. The fraction of sp³-hybridized carbons (Fsp3) is 0.182. The molecule has 0 aromatic carbocycles. The topological polar surface area (TPSA) is 129 Å². The van der Waals surface area contributed by atoms with Gasteiger partial charge in [-0.1, -0.05) is 0 Å². The lowest BCUT2D eigenvalue weighted by molar-refractivity contribution is -0.134. The zero-order valence-corrected chi connectivity index (χ0v) is 10.1. The van der Waals surface area contributed by atoms with Crippen LogP contribution in [0.15, 0.2) is 18.3 Å². The predicted octanol–water partition coefficient (Wildman–Crippen LogP) is -0.730. The number of carbonyl (C=O) groups excluding carboxylic acids is 3. The van der Waals surface area contributed by atoms with Crippen LogP contribution in [-0.4, -0.2) is 51.9 Å². The average molecular weight is 278 g/mol. The van der Waals surface area contributed by atoms with Crippen molar-refractivity contribution in [1.82, 2.24) is 15.2 Å². The van der Waals surface area contributed by atoms with E-state index in [1.807, 2.05) is 0 Å². The molecule has 1 aromatic rings. The number of aromatic carboxylic acids is 1. The summed E-state index contributed by atoms with van der Waals surface area (Å²) >= 11 is 0. The van der Waals surface area contributed by atoms with Gasteiger partial charge < -0.3 is 15.3 Å². The molecule has 0 unspecified atom stereocenters. The maximum Gasteiger partial charge on any atom is 0.356 e. The third-order valence-electron chi connectivity index (χ3n) is 2.49. The standard InChI is InChI=1S/C11H10N4O5/c16-7-4-15(5-8(17)14-7)11(20)13-6-2-1-3-12-9(6)10(18)19/h1-3H,4-5H2,(H,13,20)(H,18,19)(H,14,16,17). The third-order valence-corrected chi connectivity index (χ3v) is 2.49. The summed E-state index contributed by atoms with van der Waals surface area (Å²) < 4.78 is 0. The highest BCUT2D eigenvalue weighted by Gasteiger charge is 2.27. The van der Waals surface area contributed by atoms with Gasteiger partial charge in [-0.2, -0.15) is 0 Å². The molecule has 2 rings (SSSR count). The number of pyridine rings is 1. The van der Waals surface area contributed by atoms with E-state index in [1.54, 1.807) is 0 Å². The summed E-state index contributed by atoms with van der Waals surface area (Å²) in [6, 6.07) is 2.07. The van der Waals surface area contributed by atoms with Crippen LogP contribution in [0.5, 0.6) is 0 Å². The van der Waals surface area contributed by atoms with E-state index in [0.29, 0.717) is 0 Å². The second-order valence-electron chi connectivity index (χ2n) is 3.96. The van der Waals surface area contributed by atoms with Crippen molar-refractivity contribution in [2.75, 3.05) is 18.4 Å². The van der Waals surface area contributed by atoms with E-state index >= 15 is 0 Å². The fourth-order valence-corrected chi connectivity index (χ4v) is 1.65. The van der Waals surface area contributed by atoms with Crippen LogP contribution in [0.1, 0.15) is 10.5 Å². The number of nitrogens with zero attached hydrogens (tertiary/aromatic N) is 2. The summed E-state index contributed by atoms with van der Waals surface area (Å²) in [5, 5.41) is 13.3. The van der Waals surface area contributed by atoms with Crippen molar-refractivity contribution >= 4 is 29.5 Å². The Morgan fingerprint density at radius 2 is 1.95 bits per heavy atom. The number of hydrogen-bond donors (Lipinski definition) is 3. The van der Waals surface area contributed by atoms with Gasteiger partial charge in [0.1, 0.15) is 13.1 Å². The van der Waals surface area contributed by atoms with Gasteiger partial charge in [-0.3, -0.25) is 14.9 Å². The molecule has 0 bridgehead atoms. The number of amides is 4. The summed E-state index contributed by atoms with van der Waals surface area (Å²) in [5.74, 6) is -2.49. The second kappa shape index (κ2) is 5.34. The first kappa shape index (κ1) is 13.5. The molecule has 1 aromatic heterocycles. The lowest BCUT2D eigenvalue weighted by atomic mass is 10.3. The number of imide groups is 1. The quantitative estimate of drug-likeness (QED) is 0.612. The average Bonchev–Trinajstić information content (AvgIpc) is 2.37. The van der Waals surface area contributed by atoms with Gasteiger partial charge in [0.2, 0.25) is 11.8 Å². The Balaban J connectivity index is 2.14. The fourth-order valence-electron chi connectivity index (χ4n) is 1.65. The zero-order chi connectivity index (χ0) is 14.7. The van der Waals surface area contributed by atoms with Crippen molar-refractivity contribution < 1.29 is 24.3 Å². The van der Waals surface area contributed by atoms with Crippen molar-refractivity contribution in [3.8, 4) is 0 Å². The summed E-state index contributed by atoms with van der Waals surface area (Å²) in [7, 11) is 0. The van der Waals surface area contributed by atoms with E-state index in [9.17, 15) is 19.2 Å². The molecule has 1 saturated heterocycles. The van der Waals surface area contributed by atoms with Crippen molar-refractivity contribution in [3.05, 3.63) is 24.0 Å². The van der Waals surface area contributed by atoms with Gasteiger partial charge in [-0.25, -0.2) is 14.6 Å². The van der Waals surface area contributed by atoms with Gasteiger partial charge in [0, 0.05) is 6.20 Å². The Kier molecular flexibility index (Phi) is 3.60. The lowest BCUT2D eigenvalue weighted by Gasteiger charge is -2.25. The van der Waals surface area contributed by atoms with Crippen molar-refractivity contribution in [1.29, 1.82) is 0 Å². The van der Waals surface area contributed by atoms with Gasteiger partial charge in [0.05, 0.1) is 5.69 Å². The molecule has 0 spiro atoms. The number of anilines is 1. The number of nitrogens with one attached hydrogen (secondary N) is 2. The highest BCUT2D eigenvalue weighted by Crippen LogP contribution is 2.13. The number of carbonyl (C=O) groups is 4. The van der Waals surface area contributed by atoms with Crippen LogP contribution >= 0.6 is 0 Å². The first-order chi connectivity index (χ1) is 9.47. The number of hydrogen-bond acceptors (Lipinski definition) is 5. The number of piperazine rings is 1. The number of carboxylic acids is 1. The molecule has 3 N–H and O–H groups in total. The predicted molar refractivity (Wildman–Crippen MR) is 64.9 cm³/mol. The Morgan fingerprint density at radius 3 is 2.55 bits per heavy atom. The molecule has 2 heterocycles. The number of aromatic nitrogens is 1. The highest BCUT2D eigenvalue weighted by atomic mass is 16.4. The van der Waals surface area contributed by atoms with Crippen LogP contribution in [0.25, 0.3) is 0 Å². The molecular formula is C11H10N4O5. The minimum absolute atomic E-state index is 0.0107. The van der Waals surface area contributed by atoms with E-state index in [1.165, 1.54) is 18.3 Å². The Morgan fingerprint density at radius 1 is 1.30 bits per heavy atom. The van der Waals surface area contributed by atoms with Crippen LogP contribution in [0.4, 0.5) is 10.5 Å². The van der Waals surface area contributed by atoms with Gasteiger partial charge in [-0.05, 0) is 12.1 Å². The van der Waals surface area contributed by atoms with Crippen molar-refractivity contribution in [3.63, 3.8) is 0 Å². The first-order valence-electron chi connectivity index (χ1n) is 5.54. The molecule has 104 valence electrons. The van der Waals surface area contributed by atoms with Crippen LogP contribution in [-0.2, 0) is 9.59 Å². The molecule has 1 aliphatic rings. The molecule has 4 amide bonds. The lowest BCUT2D eigenvalue weighted by Crippen LogP contribution is -2.54. The maximum atomic E-state index is 11.9. The van der Waals surface area contributed by atoms with E-state index < -0.39 is 23.8 Å². The van der Waals surface area contributed by atoms with Crippen molar-refractivity contribution in [2.45, 2.75) is 0 Å². The molecule has 0 radical (unpaired) electrons. The zero-order valence-electron chi connectivity index (χ0n) is 10.1. The molecule has 0 aliphatic carbocycles. The molecule has 20 heavy (non-hydrogen) atoms. The molecule has 9 nitrogen and oxygen atoms in total. The van der Waals surface area contributed by atoms with Crippen LogP contribution in [0.2, 0.25) is 0 Å². The normalized spacial score (nSPS) is 14.7. The number of urea groups is 1. The molecule has 0 atom stereocenters. The SMILES string of the molecule is O=C1CN(C(=O)Nc2cccnc2C(=O)O)CC(=O)N1. The third kappa shape index (κ3) is 2.88. The van der Waals surface area contributed by atoms with Gasteiger partial charge >= 0.3 is 12.0 Å². The van der Waals surface area contributed by atoms with Gasteiger partial charge in [-0.15, -0.1) is 0 Å². The van der Waals surface area contributed by atoms with Crippen LogP contribution in [0, 0.1) is 0 Å². The summed E-state index contributed by atoms with van der Waals surface area (Å²) in [5.41, 5.74) is -0.336. The number of rotatable bonds is 2. The number of carboxylic acid groups (broad SMARTS) is 1. The van der Waals surface area contributed by atoms with Gasteiger partial charge in [0.15, 0.2) is 5.69 Å². The molecular weight excluding hydrogens is 268 g/mol. The Labute approximate surface area is 112 Å². The minimum atomic E-state index is -1.30. The Bertz CT molecular complexity index is 584. The van der Waals surface area contributed by atoms with Crippen LogP contribution in [0.3, 0.4) is 0 Å². The largest absolute Gasteiger partial charge is 0.476 e. The van der Waals surface area contributed by atoms with E-state index in [0.717, 1.165) is 4.90 Å². The van der Waals surface area contributed by atoms with E-state index in [2.05, 4.69) is 15.6 Å². The molecule has 9 heteroatoms. The van der Waals surface area contributed by atoms with Crippen molar-refractivity contribution in [2.24, 2.45) is 0 Å². The smallest absolute Gasteiger partial charge is 0.356 e. The highest BCUT2D eigenvalue weighted by molar-refractivity contribution is 6.05. The van der Waals surface area contributed by atoms with E-state index in [4.69, 9.17) is 5.11 Å². The van der Waals surface area contributed by atoms with Gasteiger partial charge in [0.25, 0.3) is 0 Å².